The lowest BCUT2D eigenvalue weighted by Gasteiger charge is -2.20. The van der Waals surface area contributed by atoms with Crippen LogP contribution < -0.4 is 0 Å². The molecule has 2 aliphatic rings. The van der Waals surface area contributed by atoms with Crippen molar-refractivity contribution in [1.29, 1.82) is 0 Å². The van der Waals surface area contributed by atoms with E-state index in [9.17, 15) is 4.79 Å². The number of alkyl halides is 1. The second-order valence-electron chi connectivity index (χ2n) is 5.69. The van der Waals surface area contributed by atoms with Gasteiger partial charge in [-0.15, -0.1) is 11.6 Å². The van der Waals surface area contributed by atoms with Crippen LogP contribution in [0.25, 0.3) is 0 Å². The molecule has 0 spiro atoms. The quantitative estimate of drug-likeness (QED) is 0.667. The molecule has 0 aromatic rings. The van der Waals surface area contributed by atoms with E-state index >= 15 is 0 Å². The first-order chi connectivity index (χ1) is 6.95. The van der Waals surface area contributed by atoms with E-state index in [0.29, 0.717) is 17.7 Å². The molecule has 1 aliphatic carbocycles. The largest absolute Gasteiger partial charge is 0.340 e. The number of hydrogen-bond acceptors (Lipinski definition) is 1. The molecular formula is C12H20ClNO. The Bertz CT molecular complexity index is 277. The van der Waals surface area contributed by atoms with Crippen LogP contribution in [0.15, 0.2) is 0 Å². The first-order valence-electron chi connectivity index (χ1n) is 5.88. The molecule has 2 fully saturated rings. The van der Waals surface area contributed by atoms with Crippen molar-refractivity contribution in [3.05, 3.63) is 0 Å². The molecule has 3 atom stereocenters. The lowest BCUT2D eigenvalue weighted by molar-refractivity contribution is -0.132. The Morgan fingerprint density at radius 2 is 2.20 bits per heavy atom. The van der Waals surface area contributed by atoms with Crippen LogP contribution in [0.4, 0.5) is 0 Å². The van der Waals surface area contributed by atoms with Gasteiger partial charge in [-0.1, -0.05) is 27.2 Å². The van der Waals surface area contributed by atoms with Crippen LogP contribution in [0.3, 0.4) is 0 Å². The Balaban J connectivity index is 1.94. The lowest BCUT2D eigenvalue weighted by atomic mass is 9.92. The molecule has 1 saturated carbocycles. The SMILES string of the molecule is CCC1CC1C(=O)N1CC(Cl)C(C)(C)C1. The minimum absolute atomic E-state index is 0.0772. The fourth-order valence-corrected chi connectivity index (χ4v) is 2.74. The highest BCUT2D eigenvalue weighted by atomic mass is 35.5. The van der Waals surface area contributed by atoms with Crippen LogP contribution in [-0.4, -0.2) is 29.3 Å². The van der Waals surface area contributed by atoms with Crippen LogP contribution in [0.1, 0.15) is 33.6 Å². The van der Waals surface area contributed by atoms with E-state index < -0.39 is 0 Å². The smallest absolute Gasteiger partial charge is 0.226 e. The Kier molecular flexibility index (Phi) is 2.74. The van der Waals surface area contributed by atoms with E-state index in [2.05, 4.69) is 20.8 Å². The van der Waals surface area contributed by atoms with Gasteiger partial charge in [-0.3, -0.25) is 4.79 Å². The monoisotopic (exact) mass is 229 g/mol. The van der Waals surface area contributed by atoms with Gasteiger partial charge < -0.3 is 4.90 Å². The van der Waals surface area contributed by atoms with Crippen molar-refractivity contribution in [3.63, 3.8) is 0 Å². The number of likely N-dealkylation sites (tertiary alicyclic amines) is 1. The van der Waals surface area contributed by atoms with Crippen LogP contribution in [0.2, 0.25) is 0 Å². The first-order valence-corrected chi connectivity index (χ1v) is 6.32. The lowest BCUT2D eigenvalue weighted by Crippen LogP contribution is -2.31. The summed E-state index contributed by atoms with van der Waals surface area (Å²) in [6.07, 6.45) is 2.23. The molecule has 0 N–H and O–H groups in total. The number of carbonyl (C=O) groups is 1. The summed E-state index contributed by atoms with van der Waals surface area (Å²) in [5.41, 5.74) is 0.0772. The number of amides is 1. The minimum atomic E-state index is 0.0772. The van der Waals surface area contributed by atoms with E-state index in [0.717, 1.165) is 25.9 Å². The predicted octanol–water partition coefficient (Wildman–Crippen LogP) is 2.51. The second kappa shape index (κ2) is 3.65. The summed E-state index contributed by atoms with van der Waals surface area (Å²) in [5, 5.41) is 0.111. The van der Waals surface area contributed by atoms with Crippen LogP contribution in [-0.2, 0) is 4.79 Å². The van der Waals surface area contributed by atoms with Crippen molar-refractivity contribution in [2.45, 2.75) is 39.0 Å². The van der Waals surface area contributed by atoms with Crippen molar-refractivity contribution in [2.24, 2.45) is 17.3 Å². The Morgan fingerprint density at radius 3 is 2.60 bits per heavy atom. The Labute approximate surface area is 97.0 Å². The van der Waals surface area contributed by atoms with Crippen LogP contribution >= 0.6 is 11.6 Å². The highest BCUT2D eigenvalue weighted by molar-refractivity contribution is 6.21. The van der Waals surface area contributed by atoms with Gasteiger partial charge in [-0.25, -0.2) is 0 Å². The summed E-state index contributed by atoms with van der Waals surface area (Å²) in [5.74, 6) is 1.31. The highest BCUT2D eigenvalue weighted by Gasteiger charge is 2.48. The first kappa shape index (κ1) is 11.3. The number of hydrogen-bond donors (Lipinski definition) is 0. The summed E-state index contributed by atoms with van der Waals surface area (Å²) >= 11 is 6.24. The van der Waals surface area contributed by atoms with Gasteiger partial charge in [-0.2, -0.15) is 0 Å². The van der Waals surface area contributed by atoms with Crippen molar-refractivity contribution in [1.82, 2.24) is 4.90 Å². The van der Waals surface area contributed by atoms with Crippen molar-refractivity contribution < 1.29 is 4.79 Å². The van der Waals surface area contributed by atoms with Crippen molar-refractivity contribution >= 4 is 17.5 Å². The van der Waals surface area contributed by atoms with Gasteiger partial charge in [0.25, 0.3) is 0 Å². The van der Waals surface area contributed by atoms with Crippen molar-refractivity contribution in [2.75, 3.05) is 13.1 Å². The average molecular weight is 230 g/mol. The summed E-state index contributed by atoms with van der Waals surface area (Å²) in [4.78, 5) is 14.0. The third-order valence-corrected chi connectivity index (χ3v) is 4.63. The zero-order valence-corrected chi connectivity index (χ0v) is 10.5. The average Bonchev–Trinajstić information content (AvgIpc) is 2.88. The van der Waals surface area contributed by atoms with Crippen LogP contribution in [0.5, 0.6) is 0 Å². The van der Waals surface area contributed by atoms with E-state index in [4.69, 9.17) is 11.6 Å². The maximum atomic E-state index is 12.1. The third-order valence-electron chi connectivity index (χ3n) is 3.90. The van der Waals surface area contributed by atoms with Gasteiger partial charge in [-0.05, 0) is 12.3 Å². The molecule has 3 heteroatoms. The summed E-state index contributed by atoms with van der Waals surface area (Å²) in [7, 11) is 0. The number of rotatable bonds is 2. The molecule has 86 valence electrons. The molecule has 0 aromatic heterocycles. The van der Waals surface area contributed by atoms with E-state index in [1.807, 2.05) is 4.90 Å². The van der Waals surface area contributed by atoms with Gasteiger partial charge >= 0.3 is 0 Å². The minimum Gasteiger partial charge on any atom is -0.340 e. The van der Waals surface area contributed by atoms with E-state index in [-0.39, 0.29) is 10.8 Å². The maximum Gasteiger partial charge on any atom is 0.226 e. The molecule has 1 aliphatic heterocycles. The van der Waals surface area contributed by atoms with Gasteiger partial charge in [0.15, 0.2) is 0 Å². The molecule has 0 bridgehead atoms. The fourth-order valence-electron chi connectivity index (χ4n) is 2.50. The summed E-state index contributed by atoms with van der Waals surface area (Å²) < 4.78 is 0. The molecule has 2 nitrogen and oxygen atoms in total. The number of halogens is 1. The number of nitrogens with zero attached hydrogens (tertiary/aromatic N) is 1. The molecular weight excluding hydrogens is 210 g/mol. The van der Waals surface area contributed by atoms with Gasteiger partial charge in [0.2, 0.25) is 5.91 Å². The molecule has 0 aromatic carbocycles. The maximum absolute atomic E-state index is 12.1. The third kappa shape index (κ3) is 2.01. The molecule has 1 amide bonds. The second-order valence-corrected chi connectivity index (χ2v) is 6.21. The number of carbonyl (C=O) groups excluding carboxylic acids is 1. The molecule has 2 rings (SSSR count). The fraction of sp³-hybridized carbons (Fsp3) is 0.917. The Morgan fingerprint density at radius 1 is 1.53 bits per heavy atom. The normalized spacial score (nSPS) is 38.1. The van der Waals surface area contributed by atoms with E-state index in [1.54, 1.807) is 0 Å². The summed E-state index contributed by atoms with van der Waals surface area (Å²) in [6, 6.07) is 0. The molecule has 3 unspecified atom stereocenters. The van der Waals surface area contributed by atoms with Gasteiger partial charge in [0.05, 0.1) is 5.38 Å². The standard InChI is InChI=1S/C12H20ClNO/c1-4-8-5-9(8)11(15)14-6-10(13)12(2,3)7-14/h8-10H,4-7H2,1-3H3. The highest BCUT2D eigenvalue weighted by Crippen LogP contribution is 2.44. The van der Waals surface area contributed by atoms with E-state index in [1.165, 1.54) is 0 Å². The molecule has 1 heterocycles. The van der Waals surface area contributed by atoms with Gasteiger partial charge in [0.1, 0.15) is 0 Å². The Hall–Kier alpha value is -0.240. The van der Waals surface area contributed by atoms with Crippen molar-refractivity contribution in [3.8, 4) is 0 Å². The zero-order chi connectivity index (χ0) is 11.2. The van der Waals surface area contributed by atoms with Crippen LogP contribution in [0, 0.1) is 17.3 Å². The summed E-state index contributed by atoms with van der Waals surface area (Å²) in [6.45, 7) is 8.01. The molecule has 15 heavy (non-hydrogen) atoms. The van der Waals surface area contributed by atoms with Gasteiger partial charge in [0, 0.05) is 24.4 Å². The molecule has 0 radical (unpaired) electrons. The topological polar surface area (TPSA) is 20.3 Å². The zero-order valence-electron chi connectivity index (χ0n) is 9.79. The predicted molar refractivity (Wildman–Crippen MR) is 61.9 cm³/mol. The molecule has 1 saturated heterocycles.